The van der Waals surface area contributed by atoms with Crippen LogP contribution in [0.3, 0.4) is 0 Å². The van der Waals surface area contributed by atoms with Gasteiger partial charge in [0, 0.05) is 6.16 Å². The highest BCUT2D eigenvalue weighted by molar-refractivity contribution is 7.51. The van der Waals surface area contributed by atoms with Crippen LogP contribution in [0.2, 0.25) is 0 Å². The zero-order valence-electron chi connectivity index (χ0n) is 12.4. The third-order valence-corrected chi connectivity index (χ3v) is 4.13. The van der Waals surface area contributed by atoms with Crippen LogP contribution >= 0.6 is 7.60 Å². The number of rotatable bonds is 11. The van der Waals surface area contributed by atoms with E-state index in [-0.39, 0.29) is 6.16 Å². The molecule has 0 aromatic heterocycles. The molecule has 21 heavy (non-hydrogen) atoms. The van der Waals surface area contributed by atoms with E-state index < -0.39 is 7.60 Å². The van der Waals surface area contributed by atoms with E-state index in [1.807, 2.05) is 24.3 Å². The van der Waals surface area contributed by atoms with E-state index in [0.29, 0.717) is 13.0 Å². The van der Waals surface area contributed by atoms with Crippen LogP contribution in [0.5, 0.6) is 5.75 Å². The fourth-order valence-corrected chi connectivity index (χ4v) is 2.65. The Labute approximate surface area is 127 Å². The van der Waals surface area contributed by atoms with E-state index in [1.165, 1.54) is 0 Å². The minimum atomic E-state index is -3.80. The van der Waals surface area contributed by atoms with Gasteiger partial charge in [-0.2, -0.15) is 0 Å². The Morgan fingerprint density at radius 2 is 1.57 bits per heavy atom. The largest absolute Gasteiger partial charge is 0.494 e. The van der Waals surface area contributed by atoms with Crippen molar-refractivity contribution >= 4 is 13.7 Å². The lowest BCUT2D eigenvalue weighted by molar-refractivity contribution is 0.304. The number of ether oxygens (including phenoxy) is 1. The summed E-state index contributed by atoms with van der Waals surface area (Å²) in [4.78, 5) is 17.4. The molecule has 0 heterocycles. The number of unbranched alkanes of at least 4 members (excludes halogenated alkanes) is 5. The average Bonchev–Trinajstić information content (AvgIpc) is 2.45. The molecule has 2 N–H and O–H groups in total. The van der Waals surface area contributed by atoms with Crippen molar-refractivity contribution in [3.8, 4) is 5.75 Å². The summed E-state index contributed by atoms with van der Waals surface area (Å²) in [6.45, 7) is 4.41. The molecular formula is C16H25O4P. The summed E-state index contributed by atoms with van der Waals surface area (Å²) in [6, 6.07) is 7.84. The van der Waals surface area contributed by atoms with Crippen LogP contribution in [0.1, 0.15) is 44.1 Å². The van der Waals surface area contributed by atoms with E-state index in [4.69, 9.17) is 14.5 Å². The average molecular weight is 312 g/mol. The number of hydrogen-bond donors (Lipinski definition) is 2. The molecule has 0 aliphatic heterocycles. The Hall–Kier alpha value is -1.09. The van der Waals surface area contributed by atoms with E-state index in [1.54, 1.807) is 6.08 Å². The molecule has 0 unspecified atom stereocenters. The van der Waals surface area contributed by atoms with E-state index in [2.05, 4.69) is 6.58 Å². The molecule has 1 aromatic carbocycles. The second kappa shape index (κ2) is 9.78. The molecule has 0 fully saturated rings. The molecule has 0 spiro atoms. The fourth-order valence-electron chi connectivity index (χ4n) is 2.02. The van der Waals surface area contributed by atoms with Gasteiger partial charge in [-0.15, -0.1) is 0 Å². The SMILES string of the molecule is C=Cc1ccc(OCCCCCCCCP(=O)(O)O)cc1. The Morgan fingerprint density at radius 3 is 2.14 bits per heavy atom. The first-order valence-electron chi connectivity index (χ1n) is 7.41. The number of benzene rings is 1. The molecular weight excluding hydrogens is 287 g/mol. The molecule has 118 valence electrons. The quantitative estimate of drug-likeness (QED) is 0.474. The molecule has 4 nitrogen and oxygen atoms in total. The topological polar surface area (TPSA) is 66.8 Å². The summed E-state index contributed by atoms with van der Waals surface area (Å²) in [6.07, 6.45) is 7.49. The van der Waals surface area contributed by atoms with Crippen molar-refractivity contribution in [3.05, 3.63) is 36.4 Å². The van der Waals surface area contributed by atoms with E-state index in [0.717, 1.165) is 43.4 Å². The second-order valence-corrected chi connectivity index (χ2v) is 6.91. The monoisotopic (exact) mass is 312 g/mol. The van der Waals surface area contributed by atoms with Crippen LogP contribution in [0, 0.1) is 0 Å². The van der Waals surface area contributed by atoms with Crippen molar-refractivity contribution < 1.29 is 19.1 Å². The molecule has 1 rings (SSSR count). The maximum absolute atomic E-state index is 10.7. The summed E-state index contributed by atoms with van der Waals surface area (Å²) in [5.41, 5.74) is 1.08. The Bertz CT molecular complexity index is 450. The van der Waals surface area contributed by atoms with Crippen molar-refractivity contribution in [3.63, 3.8) is 0 Å². The molecule has 0 bridgehead atoms. The Kier molecular flexibility index (Phi) is 8.36. The molecule has 0 saturated heterocycles. The molecule has 0 radical (unpaired) electrons. The van der Waals surface area contributed by atoms with Gasteiger partial charge >= 0.3 is 7.60 Å². The predicted octanol–water partition coefficient (Wildman–Crippen LogP) is 4.23. The number of hydrogen-bond acceptors (Lipinski definition) is 2. The van der Waals surface area contributed by atoms with Gasteiger partial charge < -0.3 is 14.5 Å². The molecule has 0 atom stereocenters. The molecule has 0 aliphatic rings. The van der Waals surface area contributed by atoms with Crippen molar-refractivity contribution in [2.24, 2.45) is 0 Å². The molecule has 0 amide bonds. The van der Waals surface area contributed by atoms with Gasteiger partial charge in [-0.3, -0.25) is 4.57 Å². The van der Waals surface area contributed by atoms with Gasteiger partial charge in [0.15, 0.2) is 0 Å². The first kappa shape index (κ1) is 18.0. The fraction of sp³-hybridized carbons (Fsp3) is 0.500. The normalized spacial score (nSPS) is 11.3. The highest BCUT2D eigenvalue weighted by atomic mass is 31.2. The summed E-state index contributed by atoms with van der Waals surface area (Å²) >= 11 is 0. The summed E-state index contributed by atoms with van der Waals surface area (Å²) in [7, 11) is -3.80. The third kappa shape index (κ3) is 9.46. The third-order valence-electron chi connectivity index (χ3n) is 3.23. The minimum absolute atomic E-state index is 0.0107. The van der Waals surface area contributed by atoms with Gasteiger partial charge in [0.25, 0.3) is 0 Å². The summed E-state index contributed by atoms with van der Waals surface area (Å²) < 4.78 is 16.3. The lowest BCUT2D eigenvalue weighted by atomic mass is 10.1. The molecule has 1 aromatic rings. The van der Waals surface area contributed by atoms with Gasteiger partial charge in [0.1, 0.15) is 5.75 Å². The Balaban J connectivity index is 1.97. The Morgan fingerprint density at radius 1 is 1.00 bits per heavy atom. The standard InChI is InChI=1S/C16H25O4P/c1-2-15-9-11-16(12-10-15)20-13-7-5-3-4-6-8-14-21(17,18)19/h2,9-12H,1,3-8,13-14H2,(H2,17,18,19). The lowest BCUT2D eigenvalue weighted by Crippen LogP contribution is -1.97. The summed E-state index contributed by atoms with van der Waals surface area (Å²) in [5, 5.41) is 0. The van der Waals surface area contributed by atoms with Gasteiger partial charge in [-0.05, 0) is 30.5 Å². The van der Waals surface area contributed by atoms with Crippen molar-refractivity contribution in [2.45, 2.75) is 38.5 Å². The van der Waals surface area contributed by atoms with Crippen molar-refractivity contribution in [1.82, 2.24) is 0 Å². The first-order valence-corrected chi connectivity index (χ1v) is 9.21. The predicted molar refractivity (Wildman–Crippen MR) is 86.6 cm³/mol. The zero-order valence-corrected chi connectivity index (χ0v) is 13.3. The zero-order chi connectivity index (χ0) is 15.6. The molecule has 0 aliphatic carbocycles. The van der Waals surface area contributed by atoms with Gasteiger partial charge in [-0.25, -0.2) is 0 Å². The van der Waals surface area contributed by atoms with Gasteiger partial charge in [0.05, 0.1) is 6.61 Å². The maximum Gasteiger partial charge on any atom is 0.325 e. The second-order valence-electron chi connectivity index (χ2n) is 5.13. The summed E-state index contributed by atoms with van der Waals surface area (Å²) in [5.74, 6) is 0.877. The van der Waals surface area contributed by atoms with Gasteiger partial charge in [0.2, 0.25) is 0 Å². The van der Waals surface area contributed by atoms with Crippen LogP contribution in [0.15, 0.2) is 30.8 Å². The highest BCUT2D eigenvalue weighted by Gasteiger charge is 2.10. The van der Waals surface area contributed by atoms with Crippen LogP contribution < -0.4 is 4.74 Å². The lowest BCUT2D eigenvalue weighted by Gasteiger charge is -2.06. The minimum Gasteiger partial charge on any atom is -0.494 e. The molecule has 5 heteroatoms. The van der Waals surface area contributed by atoms with Crippen LogP contribution in [0.25, 0.3) is 6.08 Å². The first-order chi connectivity index (χ1) is 10.0. The van der Waals surface area contributed by atoms with E-state index in [9.17, 15) is 4.57 Å². The van der Waals surface area contributed by atoms with Gasteiger partial charge in [-0.1, -0.05) is 50.5 Å². The van der Waals surface area contributed by atoms with Crippen LogP contribution in [-0.2, 0) is 4.57 Å². The van der Waals surface area contributed by atoms with E-state index >= 15 is 0 Å². The van der Waals surface area contributed by atoms with Crippen LogP contribution in [0.4, 0.5) is 0 Å². The molecule has 0 saturated carbocycles. The maximum atomic E-state index is 10.7. The smallest absolute Gasteiger partial charge is 0.325 e. The van der Waals surface area contributed by atoms with Crippen molar-refractivity contribution in [2.75, 3.05) is 12.8 Å². The van der Waals surface area contributed by atoms with Crippen LogP contribution in [-0.4, -0.2) is 22.6 Å². The highest BCUT2D eigenvalue weighted by Crippen LogP contribution is 2.35. The van der Waals surface area contributed by atoms with Crippen molar-refractivity contribution in [1.29, 1.82) is 0 Å².